The van der Waals surface area contributed by atoms with E-state index in [-0.39, 0.29) is 24.1 Å². The zero-order valence-electron chi connectivity index (χ0n) is 28.4. The Morgan fingerprint density at radius 2 is 1.84 bits per heavy atom. The molecule has 0 bridgehead atoms. The van der Waals surface area contributed by atoms with Crippen LogP contribution in [0.2, 0.25) is 5.02 Å². The number of halogens is 2. The van der Waals surface area contributed by atoms with Crippen molar-refractivity contribution in [1.82, 2.24) is 9.97 Å². The summed E-state index contributed by atoms with van der Waals surface area (Å²) in [5, 5.41) is 15.4. The highest BCUT2D eigenvalue weighted by Gasteiger charge is 2.31. The van der Waals surface area contributed by atoms with Gasteiger partial charge in [-0.1, -0.05) is 49.1 Å². The topological polar surface area (TPSA) is 129 Å². The van der Waals surface area contributed by atoms with Crippen molar-refractivity contribution in [3.63, 3.8) is 0 Å². The fourth-order valence-corrected chi connectivity index (χ4v) is 6.22. The Hall–Kier alpha value is -3.80. The number of Topliss-reactive ketones (excluding diaryl/α,β-unsaturated/α-hetero) is 1. The molecule has 3 atom stereocenters. The van der Waals surface area contributed by atoms with Gasteiger partial charge in [0.15, 0.2) is 11.9 Å². The van der Waals surface area contributed by atoms with Crippen LogP contribution in [0.3, 0.4) is 0 Å². The highest BCUT2D eigenvalue weighted by atomic mass is 35.5. The van der Waals surface area contributed by atoms with E-state index in [9.17, 15) is 14.7 Å². The van der Waals surface area contributed by atoms with Crippen molar-refractivity contribution in [2.75, 3.05) is 19.0 Å². The lowest BCUT2D eigenvalue weighted by atomic mass is 9.82. The van der Waals surface area contributed by atoms with E-state index in [0.717, 1.165) is 12.2 Å². The highest BCUT2D eigenvalue weighted by Crippen LogP contribution is 2.32. The molecule has 1 aliphatic rings. The van der Waals surface area contributed by atoms with E-state index in [2.05, 4.69) is 29.0 Å². The minimum atomic E-state index is -0.681. The molecule has 1 heterocycles. The van der Waals surface area contributed by atoms with Crippen LogP contribution in [-0.4, -0.2) is 62.9 Å². The number of oxime groups is 1. The highest BCUT2D eigenvalue weighted by molar-refractivity contribution is 7.99. The summed E-state index contributed by atoms with van der Waals surface area (Å²) in [7, 11) is 0. The van der Waals surface area contributed by atoms with Gasteiger partial charge in [0.05, 0.1) is 35.1 Å². The molecule has 0 fully saturated rings. The van der Waals surface area contributed by atoms with Crippen molar-refractivity contribution in [2.24, 2.45) is 11.1 Å². The number of hydrogen-bond acceptors (Lipinski definition) is 11. The fraction of sp³-hybridized carbons (Fsp3) is 0.417. The first-order chi connectivity index (χ1) is 23.6. The summed E-state index contributed by atoms with van der Waals surface area (Å²) in [5.41, 5.74) is 3.58. The second kappa shape index (κ2) is 20.7. The molecule has 2 aromatic carbocycles. The number of aliphatic hydroxyl groups excluding tert-OH is 1. The van der Waals surface area contributed by atoms with Gasteiger partial charge in [-0.05, 0) is 86.9 Å². The van der Waals surface area contributed by atoms with Crippen molar-refractivity contribution in [3.8, 4) is 17.4 Å². The zero-order chi connectivity index (χ0) is 35.8. The smallest absolute Gasteiger partial charge is 0.347 e. The Morgan fingerprint density at radius 3 is 2.49 bits per heavy atom. The van der Waals surface area contributed by atoms with Crippen LogP contribution in [-0.2, 0) is 19.2 Å². The van der Waals surface area contributed by atoms with E-state index < -0.39 is 12.1 Å². The predicted octanol–water partition coefficient (Wildman–Crippen LogP) is 9.25. The summed E-state index contributed by atoms with van der Waals surface area (Å²) in [6.45, 7) is 10.1. The second-order valence-electron chi connectivity index (χ2n) is 11.0. The fourth-order valence-electron chi connectivity index (χ4n) is 5.01. The predicted molar refractivity (Wildman–Crippen MR) is 196 cm³/mol. The van der Waals surface area contributed by atoms with E-state index in [4.69, 9.17) is 42.3 Å². The Labute approximate surface area is 301 Å². The summed E-state index contributed by atoms with van der Waals surface area (Å²) >= 11 is 13.2. The average Bonchev–Trinajstić information content (AvgIpc) is 3.07. The lowest BCUT2D eigenvalue weighted by Gasteiger charge is -2.25. The Morgan fingerprint density at radius 1 is 1.10 bits per heavy atom. The number of esters is 1. The molecule has 0 saturated carbocycles. The first-order valence-corrected chi connectivity index (χ1v) is 18.0. The van der Waals surface area contributed by atoms with Crippen molar-refractivity contribution in [1.29, 1.82) is 0 Å². The van der Waals surface area contributed by atoms with Crippen LogP contribution in [0.5, 0.6) is 17.4 Å². The molecule has 0 aliphatic heterocycles. The Kier molecular flexibility index (Phi) is 16.7. The number of carbonyl (C=O) groups is 2. The lowest BCUT2D eigenvalue weighted by Crippen LogP contribution is -2.26. The van der Waals surface area contributed by atoms with E-state index in [1.165, 1.54) is 11.7 Å². The van der Waals surface area contributed by atoms with Gasteiger partial charge in [-0.3, -0.25) is 4.79 Å². The molecule has 0 saturated heterocycles. The normalized spacial score (nSPS) is 16.2. The molecule has 13 heteroatoms. The number of allylic oxidation sites excluding steroid dienone is 2. The number of aromatic nitrogens is 2. The second-order valence-corrected chi connectivity index (χ2v) is 13.4. The number of ether oxygens (including phenoxy) is 3. The quantitative estimate of drug-likeness (QED) is 0.0699. The van der Waals surface area contributed by atoms with Crippen LogP contribution in [0, 0.1) is 5.92 Å². The molecule has 4 rings (SSSR count). The van der Waals surface area contributed by atoms with Gasteiger partial charge in [0.1, 0.15) is 23.9 Å². The third-order valence-electron chi connectivity index (χ3n) is 7.16. The minimum absolute atomic E-state index is 0.0375. The SMILES string of the molecule is CCOC(=O)[C@@H](C)Oc1ccc(Oc2cnc3cc(Cl)ccc3n2)cc1.CCSC(C)CC1CC(=O)C(/C(CC)=N/OC/C=C/Cl)=C(O)C1. The van der Waals surface area contributed by atoms with Gasteiger partial charge >= 0.3 is 5.97 Å². The largest absolute Gasteiger partial charge is 0.511 e. The number of nitrogens with zero attached hydrogens (tertiary/aromatic N) is 3. The van der Waals surface area contributed by atoms with Gasteiger partial charge in [-0.15, -0.1) is 0 Å². The molecule has 1 aromatic heterocycles. The van der Waals surface area contributed by atoms with Crippen molar-refractivity contribution < 1.29 is 33.7 Å². The zero-order valence-corrected chi connectivity index (χ0v) is 30.7. The van der Waals surface area contributed by atoms with Crippen LogP contribution in [0.15, 0.2) is 76.8 Å². The van der Waals surface area contributed by atoms with Gasteiger partial charge < -0.3 is 24.2 Å². The maximum atomic E-state index is 12.4. The molecule has 2 unspecified atom stereocenters. The molecule has 10 nitrogen and oxygen atoms in total. The number of aliphatic hydroxyl groups is 1. The summed E-state index contributed by atoms with van der Waals surface area (Å²) in [5.74, 6) is 2.46. The summed E-state index contributed by atoms with van der Waals surface area (Å²) in [6.07, 6.45) is 4.94. The number of thioether (sulfide) groups is 1. The number of rotatable bonds is 15. The van der Waals surface area contributed by atoms with Gasteiger partial charge in [0.25, 0.3) is 0 Å². The lowest BCUT2D eigenvalue weighted by molar-refractivity contribution is -0.150. The Balaban J connectivity index is 0.000000268. The molecule has 49 heavy (non-hydrogen) atoms. The standard InChI is InChI=1S/C19H17ClN2O4.C17H26ClNO3S/c1-3-24-19(23)12(2)25-14-5-7-15(8-6-14)26-18-11-21-17-10-13(20)4-9-16(17)22-18;1-4-14(19-22-8-6-7-18)17-15(20)10-13(11-16(17)21)9-12(3)23-5-2/h4-12H,3H2,1-2H3;6-7,12-13,20H,4-5,8-11H2,1-3H3/b;7-6+,19-14+/t12-;/m1./s1. The van der Waals surface area contributed by atoms with Crippen molar-refractivity contribution >= 4 is 63.5 Å². The van der Waals surface area contributed by atoms with Crippen molar-refractivity contribution in [2.45, 2.75) is 71.7 Å². The number of benzene rings is 2. The Bertz CT molecular complexity index is 1630. The molecule has 1 aliphatic carbocycles. The van der Waals surface area contributed by atoms with Gasteiger partial charge in [0, 0.05) is 28.6 Å². The van der Waals surface area contributed by atoms with Gasteiger partial charge in [-0.2, -0.15) is 11.8 Å². The number of hydrogen-bond donors (Lipinski definition) is 1. The van der Waals surface area contributed by atoms with Crippen LogP contribution < -0.4 is 9.47 Å². The van der Waals surface area contributed by atoms with Gasteiger partial charge in [-0.25, -0.2) is 14.8 Å². The maximum absolute atomic E-state index is 12.4. The third-order valence-corrected chi connectivity index (χ3v) is 8.67. The molecule has 0 amide bonds. The van der Waals surface area contributed by atoms with Crippen LogP contribution >= 0.6 is 35.0 Å². The van der Waals surface area contributed by atoms with Crippen LogP contribution in [0.4, 0.5) is 0 Å². The van der Waals surface area contributed by atoms with Crippen molar-refractivity contribution in [3.05, 3.63) is 76.6 Å². The van der Waals surface area contributed by atoms with E-state index in [1.54, 1.807) is 62.4 Å². The molecule has 0 radical (unpaired) electrons. The van der Waals surface area contributed by atoms with Gasteiger partial charge in [0.2, 0.25) is 5.88 Å². The summed E-state index contributed by atoms with van der Waals surface area (Å²) < 4.78 is 16.2. The minimum Gasteiger partial charge on any atom is -0.511 e. The first-order valence-electron chi connectivity index (χ1n) is 16.1. The summed E-state index contributed by atoms with van der Waals surface area (Å²) in [4.78, 5) is 37.8. The van der Waals surface area contributed by atoms with E-state index in [1.807, 2.05) is 18.7 Å². The molecule has 0 spiro atoms. The third kappa shape index (κ3) is 12.9. The monoisotopic (exact) mass is 731 g/mol. The molecular formula is C36H43Cl2N3O7S. The maximum Gasteiger partial charge on any atom is 0.347 e. The molecule has 1 N–H and O–H groups in total. The van der Waals surface area contributed by atoms with Crippen LogP contribution in [0.1, 0.15) is 60.3 Å². The van der Waals surface area contributed by atoms with E-state index >= 15 is 0 Å². The molecule has 3 aromatic rings. The molecule has 264 valence electrons. The van der Waals surface area contributed by atoms with Crippen LogP contribution in [0.25, 0.3) is 11.0 Å². The average molecular weight is 733 g/mol. The molecular weight excluding hydrogens is 689 g/mol. The number of fused-ring (bicyclic) bond motifs is 1. The first kappa shape index (κ1) is 39.6. The summed E-state index contributed by atoms with van der Waals surface area (Å²) in [6, 6.07) is 12.1. The van der Waals surface area contributed by atoms with E-state index in [0.29, 0.717) is 75.8 Å². The number of carbonyl (C=O) groups excluding carboxylic acids is 2. The number of ketones is 1.